The van der Waals surface area contributed by atoms with Gasteiger partial charge >= 0.3 is 0 Å². The van der Waals surface area contributed by atoms with E-state index in [0.29, 0.717) is 16.5 Å². The molecule has 94 valence electrons. The molecule has 7 heteroatoms. The highest BCUT2D eigenvalue weighted by atomic mass is 35.5. The van der Waals surface area contributed by atoms with Gasteiger partial charge in [-0.15, -0.1) is 0 Å². The van der Waals surface area contributed by atoms with E-state index in [9.17, 15) is 14.3 Å². The van der Waals surface area contributed by atoms with Crippen molar-refractivity contribution in [2.24, 2.45) is 0 Å². The minimum absolute atomic E-state index is 0.0776. The molecule has 1 aromatic rings. The van der Waals surface area contributed by atoms with Gasteiger partial charge in [0.25, 0.3) is 5.69 Å². The first-order valence-electron chi connectivity index (χ1n) is 4.90. The fraction of sp³-hybridized carbons (Fsp3) is 0.400. The minimum Gasteiger partial charge on any atom is -0.376 e. The Bertz CT molecular complexity index is 453. The number of rotatable bonds is 5. The molecule has 17 heavy (non-hydrogen) atoms. The molecule has 0 aromatic heterocycles. The number of benzene rings is 1. The standard InChI is InChI=1S/C10H13ClN2O3S/c1-7(6-17(2)16)12-9-4-3-8(11)5-10(9)13(14)15/h3-5,7,12H,6H2,1-2H3. The Kier molecular flexibility index (Phi) is 4.89. The summed E-state index contributed by atoms with van der Waals surface area (Å²) in [5, 5.41) is 14.1. The molecular formula is C10H13ClN2O3S. The predicted octanol–water partition coefficient (Wildman–Crippen LogP) is 2.43. The van der Waals surface area contributed by atoms with Crippen LogP contribution in [0.15, 0.2) is 18.2 Å². The fourth-order valence-electron chi connectivity index (χ4n) is 1.44. The summed E-state index contributed by atoms with van der Waals surface area (Å²) < 4.78 is 11.0. The Hall–Kier alpha value is -1.14. The van der Waals surface area contributed by atoms with Crippen LogP contribution in [0.1, 0.15) is 6.92 Å². The Balaban J connectivity index is 2.90. The van der Waals surface area contributed by atoms with Crippen molar-refractivity contribution in [1.82, 2.24) is 0 Å². The molecule has 1 rings (SSSR count). The molecule has 2 atom stereocenters. The molecule has 5 nitrogen and oxygen atoms in total. The van der Waals surface area contributed by atoms with E-state index < -0.39 is 15.7 Å². The van der Waals surface area contributed by atoms with Gasteiger partial charge < -0.3 is 5.32 Å². The summed E-state index contributed by atoms with van der Waals surface area (Å²) in [7, 11) is -0.949. The van der Waals surface area contributed by atoms with Crippen molar-refractivity contribution < 1.29 is 9.13 Å². The molecule has 0 radical (unpaired) electrons. The molecule has 0 amide bonds. The van der Waals surface area contributed by atoms with Gasteiger partial charge in [0.05, 0.1) is 4.92 Å². The van der Waals surface area contributed by atoms with Gasteiger partial charge in [-0.25, -0.2) is 0 Å². The maximum atomic E-state index is 11.0. The number of hydrogen-bond acceptors (Lipinski definition) is 4. The molecule has 1 aromatic carbocycles. The van der Waals surface area contributed by atoms with Gasteiger partial charge in [0.1, 0.15) is 5.69 Å². The lowest BCUT2D eigenvalue weighted by molar-refractivity contribution is -0.384. The van der Waals surface area contributed by atoms with Crippen molar-refractivity contribution in [1.29, 1.82) is 0 Å². The lowest BCUT2D eigenvalue weighted by Gasteiger charge is -2.13. The van der Waals surface area contributed by atoms with E-state index in [1.54, 1.807) is 18.4 Å². The zero-order valence-electron chi connectivity index (χ0n) is 9.47. The number of halogens is 1. The second-order valence-electron chi connectivity index (χ2n) is 3.70. The molecule has 0 spiro atoms. The van der Waals surface area contributed by atoms with Crippen LogP contribution in [0.25, 0.3) is 0 Å². The van der Waals surface area contributed by atoms with Gasteiger partial charge in [-0.2, -0.15) is 0 Å². The van der Waals surface area contributed by atoms with Crippen LogP contribution in [-0.4, -0.2) is 27.2 Å². The smallest absolute Gasteiger partial charge is 0.293 e. The van der Waals surface area contributed by atoms with Crippen LogP contribution in [-0.2, 0) is 10.8 Å². The van der Waals surface area contributed by atoms with E-state index in [-0.39, 0.29) is 11.7 Å². The summed E-state index contributed by atoms with van der Waals surface area (Å²) in [6, 6.07) is 4.31. The van der Waals surface area contributed by atoms with Gasteiger partial charge in [-0.3, -0.25) is 14.3 Å². The summed E-state index contributed by atoms with van der Waals surface area (Å²) in [6.07, 6.45) is 1.59. The van der Waals surface area contributed by atoms with Gasteiger partial charge in [-0.05, 0) is 19.1 Å². The Morgan fingerprint density at radius 3 is 2.76 bits per heavy atom. The summed E-state index contributed by atoms with van der Waals surface area (Å²) in [6.45, 7) is 1.82. The third kappa shape index (κ3) is 4.32. The molecule has 0 heterocycles. The van der Waals surface area contributed by atoms with E-state index in [4.69, 9.17) is 11.6 Å². The van der Waals surface area contributed by atoms with Crippen LogP contribution in [0.2, 0.25) is 5.02 Å². The zero-order chi connectivity index (χ0) is 13.0. The van der Waals surface area contributed by atoms with Crippen molar-refractivity contribution in [2.75, 3.05) is 17.3 Å². The van der Waals surface area contributed by atoms with Crippen LogP contribution < -0.4 is 5.32 Å². The molecule has 2 unspecified atom stereocenters. The van der Waals surface area contributed by atoms with Crippen LogP contribution in [0.5, 0.6) is 0 Å². The molecule has 1 N–H and O–H groups in total. The van der Waals surface area contributed by atoms with Crippen molar-refractivity contribution in [2.45, 2.75) is 13.0 Å². The maximum Gasteiger partial charge on any atom is 0.293 e. The van der Waals surface area contributed by atoms with Gasteiger partial charge in [0.2, 0.25) is 0 Å². The van der Waals surface area contributed by atoms with E-state index in [1.165, 1.54) is 6.07 Å². The number of nitro groups is 1. The molecule has 0 fully saturated rings. The maximum absolute atomic E-state index is 11.0. The van der Waals surface area contributed by atoms with E-state index in [1.807, 2.05) is 6.92 Å². The number of nitrogens with one attached hydrogen (secondary N) is 1. The minimum atomic E-state index is -0.949. The fourth-order valence-corrected chi connectivity index (χ4v) is 2.39. The number of anilines is 1. The average Bonchev–Trinajstić information content (AvgIpc) is 2.19. The van der Waals surface area contributed by atoms with Gasteiger partial charge in [0, 0.05) is 39.9 Å². The number of nitrogens with zero attached hydrogens (tertiary/aromatic N) is 1. The van der Waals surface area contributed by atoms with Crippen LogP contribution >= 0.6 is 11.6 Å². The van der Waals surface area contributed by atoms with Crippen molar-refractivity contribution >= 4 is 33.8 Å². The molecule has 0 saturated heterocycles. The monoisotopic (exact) mass is 276 g/mol. The SMILES string of the molecule is CC(CS(C)=O)Nc1ccc(Cl)cc1[N+](=O)[O-]. The normalized spacial score (nSPS) is 14.1. The number of hydrogen-bond donors (Lipinski definition) is 1. The van der Waals surface area contributed by atoms with Gasteiger partial charge in [0.15, 0.2) is 0 Å². The molecule has 0 saturated carbocycles. The molecule has 0 aliphatic rings. The molecule has 0 aliphatic heterocycles. The Labute approximate surface area is 107 Å². The molecule has 0 bridgehead atoms. The third-order valence-electron chi connectivity index (χ3n) is 2.04. The predicted molar refractivity (Wildman–Crippen MR) is 70.1 cm³/mol. The van der Waals surface area contributed by atoms with Crippen molar-refractivity contribution in [3.63, 3.8) is 0 Å². The first-order chi connectivity index (χ1) is 7.90. The lowest BCUT2D eigenvalue weighted by Crippen LogP contribution is -2.22. The number of nitro benzene ring substituents is 1. The topological polar surface area (TPSA) is 72.2 Å². The van der Waals surface area contributed by atoms with Crippen molar-refractivity contribution in [3.8, 4) is 0 Å². The van der Waals surface area contributed by atoms with E-state index in [2.05, 4.69) is 5.32 Å². The summed E-state index contributed by atoms with van der Waals surface area (Å²) in [5.41, 5.74) is 0.309. The second kappa shape index (κ2) is 5.97. The lowest BCUT2D eigenvalue weighted by atomic mass is 10.2. The van der Waals surface area contributed by atoms with Crippen LogP contribution in [0, 0.1) is 10.1 Å². The average molecular weight is 277 g/mol. The molecular weight excluding hydrogens is 264 g/mol. The first-order valence-corrected chi connectivity index (χ1v) is 7.01. The highest BCUT2D eigenvalue weighted by molar-refractivity contribution is 7.84. The molecule has 0 aliphatic carbocycles. The quantitative estimate of drug-likeness (QED) is 0.662. The first kappa shape index (κ1) is 13.9. The third-order valence-corrected chi connectivity index (χ3v) is 3.25. The summed E-state index contributed by atoms with van der Waals surface area (Å²) in [5.74, 6) is 0.430. The summed E-state index contributed by atoms with van der Waals surface area (Å²) in [4.78, 5) is 10.3. The highest BCUT2D eigenvalue weighted by Gasteiger charge is 2.16. The van der Waals surface area contributed by atoms with Crippen LogP contribution in [0.3, 0.4) is 0 Å². The Morgan fingerprint density at radius 1 is 1.59 bits per heavy atom. The highest BCUT2D eigenvalue weighted by Crippen LogP contribution is 2.28. The Morgan fingerprint density at radius 2 is 2.24 bits per heavy atom. The van der Waals surface area contributed by atoms with Crippen molar-refractivity contribution in [3.05, 3.63) is 33.3 Å². The summed E-state index contributed by atoms with van der Waals surface area (Å²) >= 11 is 5.70. The zero-order valence-corrected chi connectivity index (χ0v) is 11.0. The van der Waals surface area contributed by atoms with E-state index in [0.717, 1.165) is 0 Å². The van der Waals surface area contributed by atoms with Crippen LogP contribution in [0.4, 0.5) is 11.4 Å². The largest absolute Gasteiger partial charge is 0.376 e. The van der Waals surface area contributed by atoms with E-state index >= 15 is 0 Å². The van der Waals surface area contributed by atoms with Gasteiger partial charge in [-0.1, -0.05) is 11.6 Å². The second-order valence-corrected chi connectivity index (χ2v) is 5.62.